The standard InChI is InChI=1S/C11H14ClN3O2S/c1-8(14-2)7-15-18(16,17)11-4-3-9(6-13)5-10(11)12/h3-5,8,14-15H,7H2,1-2H3. The second-order valence-electron chi connectivity index (χ2n) is 3.80. The van der Waals surface area contributed by atoms with Gasteiger partial charge in [-0.2, -0.15) is 5.26 Å². The van der Waals surface area contributed by atoms with Gasteiger partial charge >= 0.3 is 0 Å². The van der Waals surface area contributed by atoms with E-state index in [1.165, 1.54) is 18.2 Å². The molecule has 1 aromatic rings. The molecule has 18 heavy (non-hydrogen) atoms. The minimum atomic E-state index is -3.65. The van der Waals surface area contributed by atoms with Crippen LogP contribution in [0.4, 0.5) is 0 Å². The summed E-state index contributed by atoms with van der Waals surface area (Å²) in [4.78, 5) is -0.0218. The van der Waals surface area contributed by atoms with Gasteiger partial charge in [0.2, 0.25) is 10.0 Å². The van der Waals surface area contributed by atoms with Crippen LogP contribution in [0, 0.1) is 11.3 Å². The average molecular weight is 288 g/mol. The van der Waals surface area contributed by atoms with Crippen molar-refractivity contribution in [3.05, 3.63) is 28.8 Å². The first-order valence-corrected chi connectivity index (χ1v) is 7.13. The van der Waals surface area contributed by atoms with Gasteiger partial charge in [-0.25, -0.2) is 13.1 Å². The van der Waals surface area contributed by atoms with Gasteiger partial charge in [0.25, 0.3) is 0 Å². The number of nitriles is 1. The first kappa shape index (κ1) is 14.9. The van der Waals surface area contributed by atoms with Crippen molar-refractivity contribution >= 4 is 21.6 Å². The monoisotopic (exact) mass is 287 g/mol. The highest BCUT2D eigenvalue weighted by atomic mass is 35.5. The van der Waals surface area contributed by atoms with Crippen LogP contribution >= 0.6 is 11.6 Å². The summed E-state index contributed by atoms with van der Waals surface area (Å²) in [6.07, 6.45) is 0. The lowest BCUT2D eigenvalue weighted by atomic mass is 10.2. The van der Waals surface area contributed by atoms with E-state index in [4.69, 9.17) is 16.9 Å². The van der Waals surface area contributed by atoms with Gasteiger partial charge < -0.3 is 5.32 Å². The Hall–Kier alpha value is -1.13. The number of likely N-dealkylation sites (N-methyl/N-ethyl adjacent to an activating group) is 1. The number of halogens is 1. The third-order valence-electron chi connectivity index (χ3n) is 2.42. The highest BCUT2D eigenvalue weighted by molar-refractivity contribution is 7.89. The summed E-state index contributed by atoms with van der Waals surface area (Å²) in [6, 6.07) is 5.98. The molecular weight excluding hydrogens is 274 g/mol. The second-order valence-corrected chi connectivity index (χ2v) is 5.94. The molecule has 0 saturated heterocycles. The molecule has 0 spiro atoms. The number of hydrogen-bond donors (Lipinski definition) is 2. The summed E-state index contributed by atoms with van der Waals surface area (Å²) in [6.45, 7) is 2.11. The molecule has 0 radical (unpaired) electrons. The quantitative estimate of drug-likeness (QED) is 0.849. The molecule has 0 aliphatic carbocycles. The first-order valence-electron chi connectivity index (χ1n) is 5.27. The number of nitrogens with zero attached hydrogens (tertiary/aromatic N) is 1. The zero-order valence-electron chi connectivity index (χ0n) is 10.1. The highest BCUT2D eigenvalue weighted by Crippen LogP contribution is 2.22. The molecule has 1 atom stereocenters. The first-order chi connectivity index (χ1) is 8.40. The molecule has 98 valence electrons. The van der Waals surface area contributed by atoms with Gasteiger partial charge in [0.1, 0.15) is 4.90 Å². The zero-order chi connectivity index (χ0) is 13.8. The molecule has 0 aromatic heterocycles. The molecule has 0 amide bonds. The summed E-state index contributed by atoms with van der Waals surface area (Å²) in [5, 5.41) is 11.6. The molecule has 0 fully saturated rings. The molecule has 1 aromatic carbocycles. The van der Waals surface area contributed by atoms with Crippen LogP contribution in [-0.2, 0) is 10.0 Å². The summed E-state index contributed by atoms with van der Waals surface area (Å²) < 4.78 is 26.4. The summed E-state index contributed by atoms with van der Waals surface area (Å²) in [5.74, 6) is 0. The van der Waals surface area contributed by atoms with Crippen LogP contribution in [-0.4, -0.2) is 28.1 Å². The van der Waals surface area contributed by atoms with Crippen molar-refractivity contribution in [1.82, 2.24) is 10.0 Å². The largest absolute Gasteiger partial charge is 0.316 e. The molecule has 1 unspecified atom stereocenters. The fraction of sp³-hybridized carbons (Fsp3) is 0.364. The molecule has 1 rings (SSSR count). The van der Waals surface area contributed by atoms with Crippen LogP contribution in [0.25, 0.3) is 0 Å². The number of nitrogens with one attached hydrogen (secondary N) is 2. The minimum Gasteiger partial charge on any atom is -0.316 e. The van der Waals surface area contributed by atoms with Gasteiger partial charge in [0.05, 0.1) is 16.7 Å². The predicted octanol–water partition coefficient (Wildman–Crippen LogP) is 1.10. The number of rotatable bonds is 5. The Balaban J connectivity index is 2.96. The molecule has 7 heteroatoms. The van der Waals surface area contributed by atoms with Crippen LogP contribution in [0.3, 0.4) is 0 Å². The maximum absolute atomic E-state index is 12.0. The molecule has 0 heterocycles. The Morgan fingerprint density at radius 2 is 2.17 bits per heavy atom. The van der Waals surface area contributed by atoms with Crippen LogP contribution in [0.2, 0.25) is 5.02 Å². The number of benzene rings is 1. The van der Waals surface area contributed by atoms with E-state index in [0.717, 1.165) is 0 Å². The highest BCUT2D eigenvalue weighted by Gasteiger charge is 2.18. The van der Waals surface area contributed by atoms with Gasteiger partial charge in [-0.05, 0) is 32.2 Å². The fourth-order valence-electron chi connectivity index (χ4n) is 1.20. The van der Waals surface area contributed by atoms with Crippen LogP contribution in [0.15, 0.2) is 23.1 Å². The van der Waals surface area contributed by atoms with E-state index in [9.17, 15) is 8.42 Å². The third-order valence-corrected chi connectivity index (χ3v) is 4.33. The molecule has 0 bridgehead atoms. The number of sulfonamides is 1. The molecule has 2 N–H and O–H groups in total. The summed E-state index contributed by atoms with van der Waals surface area (Å²) in [5.41, 5.74) is 0.322. The van der Waals surface area contributed by atoms with Gasteiger partial charge in [-0.15, -0.1) is 0 Å². The van der Waals surface area contributed by atoms with Crippen LogP contribution < -0.4 is 10.0 Å². The molecule has 0 saturated carbocycles. The number of hydrogen-bond acceptors (Lipinski definition) is 4. The molecular formula is C11H14ClN3O2S. The van der Waals surface area contributed by atoms with Crippen molar-refractivity contribution in [2.45, 2.75) is 17.9 Å². The van der Waals surface area contributed by atoms with E-state index in [0.29, 0.717) is 5.56 Å². The van der Waals surface area contributed by atoms with Crippen molar-refractivity contribution < 1.29 is 8.42 Å². The Bertz CT molecular complexity index is 566. The SMILES string of the molecule is CNC(C)CNS(=O)(=O)c1ccc(C#N)cc1Cl. The zero-order valence-corrected chi connectivity index (χ0v) is 11.6. The van der Waals surface area contributed by atoms with E-state index in [1.54, 1.807) is 7.05 Å². The maximum atomic E-state index is 12.0. The van der Waals surface area contributed by atoms with E-state index in [1.807, 2.05) is 13.0 Å². The average Bonchev–Trinajstić information content (AvgIpc) is 2.35. The van der Waals surface area contributed by atoms with E-state index < -0.39 is 10.0 Å². The summed E-state index contributed by atoms with van der Waals surface area (Å²) >= 11 is 5.86. The van der Waals surface area contributed by atoms with Gasteiger partial charge in [-0.3, -0.25) is 0 Å². The Morgan fingerprint density at radius 3 is 2.67 bits per heavy atom. The smallest absolute Gasteiger partial charge is 0.242 e. The maximum Gasteiger partial charge on any atom is 0.242 e. The Labute approximate surface area is 112 Å². The lowest BCUT2D eigenvalue weighted by Gasteiger charge is -2.12. The minimum absolute atomic E-state index is 0.0110. The van der Waals surface area contributed by atoms with Gasteiger partial charge in [0, 0.05) is 12.6 Å². The van der Waals surface area contributed by atoms with E-state index in [2.05, 4.69) is 10.0 Å². The fourth-order valence-corrected chi connectivity index (χ4v) is 2.88. The Morgan fingerprint density at radius 1 is 1.50 bits per heavy atom. The molecule has 5 nitrogen and oxygen atoms in total. The predicted molar refractivity (Wildman–Crippen MR) is 69.9 cm³/mol. The lowest BCUT2D eigenvalue weighted by Crippen LogP contribution is -2.37. The van der Waals surface area contributed by atoms with Crippen molar-refractivity contribution in [2.75, 3.05) is 13.6 Å². The third kappa shape index (κ3) is 3.68. The normalized spacial score (nSPS) is 13.0. The topological polar surface area (TPSA) is 82.0 Å². The van der Waals surface area contributed by atoms with Gasteiger partial charge in [-0.1, -0.05) is 11.6 Å². The van der Waals surface area contributed by atoms with E-state index >= 15 is 0 Å². The van der Waals surface area contributed by atoms with Crippen molar-refractivity contribution in [3.8, 4) is 6.07 Å². The van der Waals surface area contributed by atoms with Gasteiger partial charge in [0.15, 0.2) is 0 Å². The van der Waals surface area contributed by atoms with Crippen molar-refractivity contribution in [3.63, 3.8) is 0 Å². The van der Waals surface area contributed by atoms with Crippen molar-refractivity contribution in [2.24, 2.45) is 0 Å². The second kappa shape index (κ2) is 6.16. The lowest BCUT2D eigenvalue weighted by molar-refractivity contribution is 0.554. The molecule has 0 aliphatic heterocycles. The van der Waals surface area contributed by atoms with Crippen molar-refractivity contribution in [1.29, 1.82) is 5.26 Å². The Kier molecular flexibility index (Phi) is 5.11. The van der Waals surface area contributed by atoms with Crippen LogP contribution in [0.5, 0.6) is 0 Å². The van der Waals surface area contributed by atoms with Crippen LogP contribution in [0.1, 0.15) is 12.5 Å². The summed E-state index contributed by atoms with van der Waals surface area (Å²) in [7, 11) is -1.91. The van der Waals surface area contributed by atoms with E-state index in [-0.39, 0.29) is 22.5 Å². The molecule has 0 aliphatic rings.